The van der Waals surface area contributed by atoms with Gasteiger partial charge in [-0.05, 0) is 17.7 Å². The van der Waals surface area contributed by atoms with Crippen molar-refractivity contribution >= 4 is 15.8 Å². The predicted molar refractivity (Wildman–Crippen MR) is 77.6 cm³/mol. The molecule has 0 fully saturated rings. The number of benzene rings is 2. The summed E-state index contributed by atoms with van der Waals surface area (Å²) in [6, 6.07) is 12.8. The fourth-order valence-corrected chi connectivity index (χ4v) is 2.64. The Morgan fingerprint density at radius 2 is 1.68 bits per heavy atom. The highest BCUT2D eigenvalue weighted by Crippen LogP contribution is 2.20. The largest absolute Gasteiger partial charge is 0.386 e. The van der Waals surface area contributed by atoms with Gasteiger partial charge in [0, 0.05) is 12.1 Å². The molecule has 22 heavy (non-hydrogen) atoms. The zero-order valence-corrected chi connectivity index (χ0v) is 12.1. The molecule has 0 amide bonds. The van der Waals surface area contributed by atoms with Crippen LogP contribution in [0.15, 0.2) is 59.5 Å². The van der Waals surface area contributed by atoms with E-state index in [0.29, 0.717) is 5.56 Å². The van der Waals surface area contributed by atoms with Crippen LogP contribution < -0.4 is 0 Å². The van der Waals surface area contributed by atoms with E-state index in [1.54, 1.807) is 30.3 Å². The molecule has 1 atom stereocenters. The monoisotopic (exact) mass is 323 g/mol. The van der Waals surface area contributed by atoms with E-state index in [2.05, 4.69) is 0 Å². The van der Waals surface area contributed by atoms with E-state index >= 15 is 0 Å². The Kier molecular flexibility index (Phi) is 4.86. The summed E-state index contributed by atoms with van der Waals surface area (Å²) in [5, 5.41) is 20.4. The molecule has 116 valence electrons. The maximum atomic E-state index is 11.9. The van der Waals surface area contributed by atoms with E-state index in [0.717, 1.165) is 24.3 Å². The second kappa shape index (κ2) is 6.65. The molecular formula is C14H13NO6S. The Morgan fingerprint density at radius 3 is 2.23 bits per heavy atom. The zero-order chi connectivity index (χ0) is 16.2. The molecular weight excluding hydrogens is 310 g/mol. The molecule has 2 aromatic rings. The number of nitro groups is 1. The van der Waals surface area contributed by atoms with Crippen LogP contribution in [0.2, 0.25) is 0 Å². The molecule has 0 saturated heterocycles. The highest BCUT2D eigenvalue weighted by molar-refractivity contribution is 7.86. The summed E-state index contributed by atoms with van der Waals surface area (Å²) in [5.74, 6) is 0. The summed E-state index contributed by atoms with van der Waals surface area (Å²) in [4.78, 5) is 9.69. The molecule has 7 nitrogen and oxygen atoms in total. The molecule has 2 aromatic carbocycles. The summed E-state index contributed by atoms with van der Waals surface area (Å²) >= 11 is 0. The number of rotatable bonds is 6. The van der Waals surface area contributed by atoms with Crippen LogP contribution in [0.4, 0.5) is 5.69 Å². The third kappa shape index (κ3) is 3.88. The Labute approximate surface area is 127 Å². The molecule has 0 aliphatic heterocycles. The standard InChI is InChI=1S/C14H13NO6S/c16-14(11-4-2-1-3-5-11)10-21-22(19,20)13-8-6-12(7-9-13)15(17)18/h1-9,14,16H,10H2/t14-/m1/s1. The first-order valence-corrected chi connectivity index (χ1v) is 7.68. The molecule has 2 rings (SSSR count). The minimum Gasteiger partial charge on any atom is -0.386 e. The fourth-order valence-electron chi connectivity index (χ4n) is 1.73. The number of aliphatic hydroxyl groups is 1. The topological polar surface area (TPSA) is 107 Å². The van der Waals surface area contributed by atoms with Crippen LogP contribution in [-0.2, 0) is 14.3 Å². The Bertz CT molecular complexity index is 743. The number of nitrogens with zero attached hydrogens (tertiary/aromatic N) is 1. The summed E-state index contributed by atoms with van der Waals surface area (Å²) in [6.45, 7) is -0.441. The van der Waals surface area contributed by atoms with Gasteiger partial charge in [0.05, 0.1) is 16.4 Å². The smallest absolute Gasteiger partial charge is 0.297 e. The average Bonchev–Trinajstić information content (AvgIpc) is 2.53. The molecule has 0 heterocycles. The minimum atomic E-state index is -4.09. The van der Waals surface area contributed by atoms with Crippen molar-refractivity contribution < 1.29 is 22.6 Å². The number of non-ortho nitro benzene ring substituents is 1. The van der Waals surface area contributed by atoms with E-state index in [1.165, 1.54) is 0 Å². The quantitative estimate of drug-likeness (QED) is 0.495. The lowest BCUT2D eigenvalue weighted by molar-refractivity contribution is -0.384. The van der Waals surface area contributed by atoms with Crippen LogP contribution in [0.25, 0.3) is 0 Å². The minimum absolute atomic E-state index is 0.210. The highest BCUT2D eigenvalue weighted by Gasteiger charge is 2.19. The van der Waals surface area contributed by atoms with Crippen molar-refractivity contribution in [2.75, 3.05) is 6.61 Å². The van der Waals surface area contributed by atoms with Crippen molar-refractivity contribution in [2.24, 2.45) is 0 Å². The number of hydrogen-bond acceptors (Lipinski definition) is 6. The van der Waals surface area contributed by atoms with E-state index in [-0.39, 0.29) is 10.6 Å². The highest BCUT2D eigenvalue weighted by atomic mass is 32.2. The molecule has 8 heteroatoms. The van der Waals surface area contributed by atoms with Gasteiger partial charge in [0.1, 0.15) is 6.10 Å². The fraction of sp³-hybridized carbons (Fsp3) is 0.143. The van der Waals surface area contributed by atoms with E-state index < -0.39 is 27.8 Å². The van der Waals surface area contributed by atoms with Gasteiger partial charge in [-0.1, -0.05) is 30.3 Å². The SMILES string of the molecule is O=[N+]([O-])c1ccc(S(=O)(=O)OC[C@@H](O)c2ccccc2)cc1. The first kappa shape index (κ1) is 16.1. The molecule has 0 aliphatic carbocycles. The van der Waals surface area contributed by atoms with Gasteiger partial charge < -0.3 is 5.11 Å². The summed E-state index contributed by atoms with van der Waals surface area (Å²) < 4.78 is 28.7. The molecule has 0 saturated carbocycles. The van der Waals surface area contributed by atoms with Gasteiger partial charge in [0.2, 0.25) is 0 Å². The maximum Gasteiger partial charge on any atom is 0.297 e. The molecule has 0 spiro atoms. The van der Waals surface area contributed by atoms with Crippen LogP contribution in [0.1, 0.15) is 11.7 Å². The van der Waals surface area contributed by atoms with Gasteiger partial charge >= 0.3 is 0 Å². The predicted octanol–water partition coefficient (Wildman–Crippen LogP) is 2.03. The zero-order valence-electron chi connectivity index (χ0n) is 11.3. The van der Waals surface area contributed by atoms with Crippen molar-refractivity contribution in [2.45, 2.75) is 11.0 Å². The van der Waals surface area contributed by atoms with Crippen molar-refractivity contribution in [1.82, 2.24) is 0 Å². The summed E-state index contributed by atoms with van der Waals surface area (Å²) in [5.41, 5.74) is 0.310. The maximum absolute atomic E-state index is 11.9. The van der Waals surface area contributed by atoms with E-state index in [9.17, 15) is 23.6 Å². The van der Waals surface area contributed by atoms with E-state index in [1.807, 2.05) is 0 Å². The van der Waals surface area contributed by atoms with Crippen LogP contribution in [0.5, 0.6) is 0 Å². The molecule has 0 aliphatic rings. The average molecular weight is 323 g/mol. The lowest BCUT2D eigenvalue weighted by Crippen LogP contribution is -2.13. The molecule has 0 bridgehead atoms. The Balaban J connectivity index is 2.06. The Morgan fingerprint density at radius 1 is 1.09 bits per heavy atom. The second-order valence-electron chi connectivity index (χ2n) is 4.42. The lowest BCUT2D eigenvalue weighted by atomic mass is 10.1. The number of aliphatic hydroxyl groups excluding tert-OH is 1. The summed E-state index contributed by atoms with van der Waals surface area (Å²) in [6.07, 6.45) is -1.09. The molecule has 1 N–H and O–H groups in total. The van der Waals surface area contributed by atoms with Gasteiger partial charge in [0.15, 0.2) is 0 Å². The second-order valence-corrected chi connectivity index (χ2v) is 6.03. The third-order valence-corrected chi connectivity index (χ3v) is 4.20. The van der Waals surface area contributed by atoms with Gasteiger partial charge in [-0.15, -0.1) is 0 Å². The summed E-state index contributed by atoms with van der Waals surface area (Å²) in [7, 11) is -4.09. The van der Waals surface area contributed by atoms with Crippen LogP contribution in [0.3, 0.4) is 0 Å². The van der Waals surface area contributed by atoms with Crippen LogP contribution in [-0.4, -0.2) is 25.1 Å². The van der Waals surface area contributed by atoms with Crippen molar-refractivity contribution in [1.29, 1.82) is 0 Å². The van der Waals surface area contributed by atoms with Crippen molar-refractivity contribution in [3.05, 3.63) is 70.3 Å². The van der Waals surface area contributed by atoms with Crippen LogP contribution in [0, 0.1) is 10.1 Å². The third-order valence-electron chi connectivity index (χ3n) is 2.90. The van der Waals surface area contributed by atoms with Crippen molar-refractivity contribution in [3.63, 3.8) is 0 Å². The van der Waals surface area contributed by atoms with Gasteiger partial charge in [-0.25, -0.2) is 0 Å². The number of hydrogen-bond donors (Lipinski definition) is 1. The molecule has 0 unspecified atom stereocenters. The molecule has 0 radical (unpaired) electrons. The number of nitro benzene ring substituents is 1. The Hall–Kier alpha value is -2.29. The molecule has 0 aromatic heterocycles. The lowest BCUT2D eigenvalue weighted by Gasteiger charge is -2.11. The van der Waals surface area contributed by atoms with Crippen LogP contribution >= 0.6 is 0 Å². The van der Waals surface area contributed by atoms with Gasteiger partial charge in [0.25, 0.3) is 15.8 Å². The van der Waals surface area contributed by atoms with Crippen molar-refractivity contribution in [3.8, 4) is 0 Å². The van der Waals surface area contributed by atoms with E-state index in [4.69, 9.17) is 4.18 Å². The first-order chi connectivity index (χ1) is 10.4. The van der Waals surface area contributed by atoms with Gasteiger partial charge in [-0.2, -0.15) is 8.42 Å². The first-order valence-electron chi connectivity index (χ1n) is 6.27. The van der Waals surface area contributed by atoms with Gasteiger partial charge in [-0.3, -0.25) is 14.3 Å². The normalized spacial score (nSPS) is 12.8.